The van der Waals surface area contributed by atoms with Gasteiger partial charge in [-0.1, -0.05) is 39.5 Å². The fraction of sp³-hybridized carbons (Fsp3) is 0.440. The van der Waals surface area contributed by atoms with Crippen molar-refractivity contribution in [3.63, 3.8) is 0 Å². The van der Waals surface area contributed by atoms with Crippen molar-refractivity contribution >= 4 is 21.7 Å². The molecule has 2 amide bonds. The first-order chi connectivity index (χ1) is 16.6. The zero-order valence-electron chi connectivity index (χ0n) is 19.8. The first-order valence-electron chi connectivity index (χ1n) is 11.2. The predicted molar refractivity (Wildman–Crippen MR) is 135 cm³/mol. The van der Waals surface area contributed by atoms with Gasteiger partial charge in [-0.25, -0.2) is 13.9 Å². The van der Waals surface area contributed by atoms with Crippen LogP contribution < -0.4 is 15.5 Å². The van der Waals surface area contributed by atoms with E-state index >= 15 is 0 Å². The van der Waals surface area contributed by atoms with E-state index < -0.39 is 38.9 Å². The van der Waals surface area contributed by atoms with Crippen molar-refractivity contribution < 1.29 is 32.7 Å². The minimum atomic E-state index is -3.85. The van der Waals surface area contributed by atoms with Crippen LogP contribution in [0.5, 0.6) is 11.5 Å². The van der Waals surface area contributed by atoms with Gasteiger partial charge in [-0.15, -0.1) is 0 Å². The van der Waals surface area contributed by atoms with E-state index in [0.29, 0.717) is 37.8 Å². The molecular formula is C25H35N3O7S. The molecule has 1 fully saturated rings. The average molecular weight is 522 g/mol. The largest absolute Gasteiger partial charge is 0.457 e. The minimum Gasteiger partial charge on any atom is -0.457 e. The molecule has 0 radical (unpaired) electrons. The Hall–Kier alpha value is -2.99. The van der Waals surface area contributed by atoms with Crippen LogP contribution in [0.4, 0.5) is 0 Å². The molecule has 198 valence electrons. The maximum absolute atomic E-state index is 13.2. The van der Waals surface area contributed by atoms with Crippen LogP contribution in [0.15, 0.2) is 59.5 Å². The molecule has 11 heteroatoms. The predicted octanol–water partition coefficient (Wildman–Crippen LogP) is 2.24. The summed E-state index contributed by atoms with van der Waals surface area (Å²) in [7, 11) is -3.85. The summed E-state index contributed by atoms with van der Waals surface area (Å²) >= 11 is 0. The summed E-state index contributed by atoms with van der Waals surface area (Å²) in [5, 5.41) is 11.8. The lowest BCUT2D eigenvalue weighted by molar-refractivity contribution is -0.138. The quantitative estimate of drug-likeness (QED) is 0.320. The summed E-state index contributed by atoms with van der Waals surface area (Å²) < 4.78 is 37.3. The second kappa shape index (κ2) is 12.8. The Morgan fingerprint density at radius 1 is 1.06 bits per heavy atom. The Balaban J connectivity index is 0.00000456. The number of benzene rings is 2. The molecule has 1 atom stereocenters. The van der Waals surface area contributed by atoms with Crippen molar-refractivity contribution in [3.05, 3.63) is 54.6 Å². The van der Waals surface area contributed by atoms with Gasteiger partial charge >= 0.3 is 0 Å². The van der Waals surface area contributed by atoms with Crippen LogP contribution in [-0.4, -0.2) is 75.0 Å². The number of carbonyl (C=O) groups is 2. The molecule has 36 heavy (non-hydrogen) atoms. The number of sulfone groups is 1. The van der Waals surface area contributed by atoms with Crippen LogP contribution in [0.2, 0.25) is 0 Å². The standard InChI is InChI=1S/C24H31N3O7S.CH4/c1-24(2,22(23(29)26-30)25-21(28)16-27-12-14-33-15-13-27)17-35(31,32)20-10-8-19(9-11-20)34-18-6-4-3-5-7-18;/h3-11,22,30H,12-17H2,1-2H3,(H,25,28)(H,26,29);1H4/t22-;/m1./s1. The van der Waals surface area contributed by atoms with E-state index in [-0.39, 0.29) is 18.9 Å². The number of ether oxygens (including phenoxy) is 2. The molecule has 0 saturated carbocycles. The van der Waals surface area contributed by atoms with Gasteiger partial charge in [0.2, 0.25) is 5.91 Å². The number of nitrogens with zero attached hydrogens (tertiary/aromatic N) is 1. The van der Waals surface area contributed by atoms with Crippen molar-refractivity contribution in [1.82, 2.24) is 15.7 Å². The molecule has 1 aliphatic rings. The molecule has 0 aliphatic carbocycles. The summed E-state index contributed by atoms with van der Waals surface area (Å²) in [5.41, 5.74) is 0.293. The number of nitrogens with one attached hydrogen (secondary N) is 2. The first-order valence-corrected chi connectivity index (χ1v) is 12.8. The van der Waals surface area contributed by atoms with Crippen LogP contribution in [0.25, 0.3) is 0 Å². The van der Waals surface area contributed by atoms with Crippen LogP contribution in [-0.2, 0) is 24.2 Å². The minimum absolute atomic E-state index is 0. The van der Waals surface area contributed by atoms with Crippen LogP contribution in [0, 0.1) is 5.41 Å². The maximum Gasteiger partial charge on any atom is 0.266 e. The van der Waals surface area contributed by atoms with Crippen molar-refractivity contribution in [2.75, 3.05) is 38.6 Å². The Labute approximate surface area is 212 Å². The number of hydrogen-bond acceptors (Lipinski definition) is 8. The topological polar surface area (TPSA) is 134 Å². The lowest BCUT2D eigenvalue weighted by atomic mass is 9.86. The van der Waals surface area contributed by atoms with Gasteiger partial charge in [0.05, 0.1) is 30.4 Å². The van der Waals surface area contributed by atoms with Gasteiger partial charge in [-0.3, -0.25) is 19.7 Å². The molecule has 2 aromatic carbocycles. The molecule has 1 aliphatic heterocycles. The van der Waals surface area contributed by atoms with E-state index in [0.717, 1.165) is 0 Å². The van der Waals surface area contributed by atoms with Crippen LogP contribution in [0.3, 0.4) is 0 Å². The normalized spacial score (nSPS) is 15.3. The third-order valence-electron chi connectivity index (χ3n) is 5.65. The molecule has 3 rings (SSSR count). The second-order valence-corrected chi connectivity index (χ2v) is 11.0. The third-order valence-corrected chi connectivity index (χ3v) is 7.77. The molecule has 10 nitrogen and oxygen atoms in total. The van der Waals surface area contributed by atoms with Gasteiger partial charge in [-0.2, -0.15) is 0 Å². The maximum atomic E-state index is 13.2. The number of hydrogen-bond donors (Lipinski definition) is 3. The number of para-hydroxylation sites is 1. The fourth-order valence-corrected chi connectivity index (χ4v) is 5.71. The number of morpholine rings is 1. The van der Waals surface area contributed by atoms with E-state index in [1.165, 1.54) is 17.6 Å². The molecule has 1 heterocycles. The molecule has 0 unspecified atom stereocenters. The van der Waals surface area contributed by atoms with E-state index in [1.54, 1.807) is 38.1 Å². The number of rotatable bonds is 10. The molecule has 1 saturated heterocycles. The summed E-state index contributed by atoms with van der Waals surface area (Å²) in [6.07, 6.45) is 0. The molecule has 0 bridgehead atoms. The number of carbonyl (C=O) groups excluding carboxylic acids is 2. The molecule has 0 spiro atoms. The molecule has 3 N–H and O–H groups in total. The van der Waals surface area contributed by atoms with Crippen molar-refractivity contribution in [2.24, 2.45) is 5.41 Å². The highest BCUT2D eigenvalue weighted by molar-refractivity contribution is 7.91. The summed E-state index contributed by atoms with van der Waals surface area (Å²) in [5.74, 6) is -0.702. The number of amides is 2. The Morgan fingerprint density at radius 3 is 2.22 bits per heavy atom. The van der Waals surface area contributed by atoms with Crippen molar-refractivity contribution in [2.45, 2.75) is 32.2 Å². The smallest absolute Gasteiger partial charge is 0.266 e. The lowest BCUT2D eigenvalue weighted by Gasteiger charge is -2.34. The van der Waals surface area contributed by atoms with Crippen LogP contribution in [0.1, 0.15) is 21.3 Å². The third kappa shape index (κ3) is 8.02. The summed E-state index contributed by atoms with van der Waals surface area (Å²) in [6, 6.07) is 13.8. The van der Waals surface area contributed by atoms with Gasteiger partial charge in [-0.05, 0) is 36.4 Å². The SMILES string of the molecule is C.CC(C)(CS(=O)(=O)c1ccc(Oc2ccccc2)cc1)[C@H](NC(=O)CN1CCOCC1)C(=O)NO. The lowest BCUT2D eigenvalue weighted by Crippen LogP contribution is -2.57. The van der Waals surface area contributed by atoms with E-state index in [9.17, 15) is 23.2 Å². The monoisotopic (exact) mass is 521 g/mol. The highest BCUT2D eigenvalue weighted by atomic mass is 32.2. The van der Waals surface area contributed by atoms with Crippen molar-refractivity contribution in [3.8, 4) is 11.5 Å². The van der Waals surface area contributed by atoms with Gasteiger partial charge in [0.15, 0.2) is 9.84 Å². The van der Waals surface area contributed by atoms with Gasteiger partial charge < -0.3 is 14.8 Å². The van der Waals surface area contributed by atoms with Crippen molar-refractivity contribution in [1.29, 1.82) is 0 Å². The molecule has 2 aromatic rings. The Kier molecular flexibility index (Phi) is 10.4. The highest BCUT2D eigenvalue weighted by Gasteiger charge is 2.40. The average Bonchev–Trinajstić information content (AvgIpc) is 2.83. The Morgan fingerprint density at radius 2 is 1.64 bits per heavy atom. The Bertz CT molecular complexity index is 1100. The van der Waals surface area contributed by atoms with Gasteiger partial charge in [0.1, 0.15) is 17.5 Å². The highest BCUT2D eigenvalue weighted by Crippen LogP contribution is 2.29. The van der Waals surface area contributed by atoms with E-state index in [1.807, 2.05) is 23.1 Å². The van der Waals surface area contributed by atoms with Gasteiger partial charge in [0.25, 0.3) is 5.91 Å². The molecular weight excluding hydrogens is 486 g/mol. The van der Waals surface area contributed by atoms with Crippen LogP contribution >= 0.6 is 0 Å². The number of hydroxylamine groups is 1. The van der Waals surface area contributed by atoms with Gasteiger partial charge in [0, 0.05) is 18.5 Å². The van der Waals surface area contributed by atoms with E-state index in [2.05, 4.69) is 5.32 Å². The first kappa shape index (κ1) is 29.2. The summed E-state index contributed by atoms with van der Waals surface area (Å²) in [4.78, 5) is 26.9. The molecule has 0 aromatic heterocycles. The zero-order chi connectivity index (χ0) is 25.5. The fourth-order valence-electron chi connectivity index (χ4n) is 3.85. The second-order valence-electron chi connectivity index (χ2n) is 9.00. The zero-order valence-corrected chi connectivity index (χ0v) is 20.6. The van der Waals surface area contributed by atoms with E-state index in [4.69, 9.17) is 9.47 Å². The summed E-state index contributed by atoms with van der Waals surface area (Å²) in [6.45, 7) is 5.29.